The van der Waals surface area contributed by atoms with E-state index in [9.17, 15) is 0 Å². The van der Waals surface area contributed by atoms with Gasteiger partial charge in [0, 0.05) is 0 Å². The molecule has 0 spiro atoms. The van der Waals surface area contributed by atoms with Crippen LogP contribution in [-0.4, -0.2) is 13.1 Å². The normalized spacial score (nSPS) is 14.5. The molecule has 0 aromatic rings. The first-order chi connectivity index (χ1) is 2.81. The number of quaternary nitrogens is 1. The second-order valence-corrected chi connectivity index (χ2v) is 1.72. The number of hydrogen-bond donors (Lipinski definition) is 1. The second-order valence-electron chi connectivity index (χ2n) is 1.72. The van der Waals surface area contributed by atoms with E-state index in [-0.39, 0.29) is 0 Å². The van der Waals surface area contributed by atoms with Crippen molar-refractivity contribution < 1.29 is 5.32 Å². The van der Waals surface area contributed by atoms with Crippen LogP contribution in [-0.2, 0) is 0 Å². The number of rotatable bonds is 2. The van der Waals surface area contributed by atoms with Gasteiger partial charge in [-0.1, -0.05) is 6.92 Å². The largest absolute Gasteiger partial charge is 0.347 e. The summed E-state index contributed by atoms with van der Waals surface area (Å²) in [6.45, 7) is 4.42. The Morgan fingerprint density at radius 1 is 1.67 bits per heavy atom. The molecule has 0 aliphatic carbocycles. The first-order valence-corrected chi connectivity index (χ1v) is 2.60. The third-order valence-corrected chi connectivity index (χ3v) is 1.21. The Morgan fingerprint density at radius 2 is 2.17 bits per heavy atom. The van der Waals surface area contributed by atoms with Crippen LogP contribution in [0.3, 0.4) is 0 Å². The summed E-state index contributed by atoms with van der Waals surface area (Å²) in [6, 6.07) is 0.810. The first kappa shape index (κ1) is 5.96. The van der Waals surface area contributed by atoms with Gasteiger partial charge < -0.3 is 5.32 Å². The lowest BCUT2D eigenvalue weighted by Crippen LogP contribution is -2.85. The molecule has 0 aromatic carbocycles. The molecule has 1 heteroatoms. The van der Waals surface area contributed by atoms with E-state index < -0.39 is 0 Å². The SMILES string of the molecule is CCC(C)[NH2+]C. The standard InChI is InChI=1S/C5H13N/c1-4-5(2)6-3/h5-6H,4H2,1-3H3/p+1. The van der Waals surface area contributed by atoms with E-state index in [1.165, 1.54) is 6.42 Å². The van der Waals surface area contributed by atoms with E-state index >= 15 is 0 Å². The fourth-order valence-corrected chi connectivity index (χ4v) is 0.236. The Bertz CT molecular complexity index is 23.1. The van der Waals surface area contributed by atoms with Crippen molar-refractivity contribution in [3.63, 3.8) is 0 Å². The lowest BCUT2D eigenvalue weighted by Gasteiger charge is -1.98. The third-order valence-electron chi connectivity index (χ3n) is 1.21. The van der Waals surface area contributed by atoms with Gasteiger partial charge in [0.05, 0.1) is 13.1 Å². The Morgan fingerprint density at radius 3 is 2.17 bits per heavy atom. The quantitative estimate of drug-likeness (QED) is 0.488. The molecule has 0 aliphatic rings. The highest BCUT2D eigenvalue weighted by Crippen LogP contribution is 1.75. The molecule has 6 heavy (non-hydrogen) atoms. The molecule has 0 saturated heterocycles. The van der Waals surface area contributed by atoms with Crippen LogP contribution in [0.1, 0.15) is 20.3 Å². The minimum Gasteiger partial charge on any atom is -0.347 e. The maximum Gasteiger partial charge on any atom is 0.0825 e. The summed E-state index contributed by atoms with van der Waals surface area (Å²) in [5, 5.41) is 2.22. The summed E-state index contributed by atoms with van der Waals surface area (Å²) >= 11 is 0. The molecule has 0 aliphatic heterocycles. The highest BCUT2D eigenvalue weighted by atomic mass is 14.8. The van der Waals surface area contributed by atoms with Crippen molar-refractivity contribution in [2.24, 2.45) is 0 Å². The lowest BCUT2D eigenvalue weighted by atomic mass is 10.3. The molecule has 0 fully saturated rings. The number of nitrogens with two attached hydrogens (primary N) is 1. The van der Waals surface area contributed by atoms with E-state index in [1.54, 1.807) is 0 Å². The third kappa shape index (κ3) is 2.21. The molecule has 0 saturated carbocycles. The predicted molar refractivity (Wildman–Crippen MR) is 27.6 cm³/mol. The maximum absolute atomic E-state index is 2.22. The van der Waals surface area contributed by atoms with E-state index in [2.05, 4.69) is 26.2 Å². The summed E-state index contributed by atoms with van der Waals surface area (Å²) in [4.78, 5) is 0. The van der Waals surface area contributed by atoms with Crippen molar-refractivity contribution in [1.29, 1.82) is 0 Å². The molecule has 1 unspecified atom stereocenters. The Hall–Kier alpha value is -0.0400. The maximum atomic E-state index is 2.22. The molecule has 1 nitrogen and oxygen atoms in total. The molecule has 0 bridgehead atoms. The van der Waals surface area contributed by atoms with Crippen LogP contribution >= 0.6 is 0 Å². The first-order valence-electron chi connectivity index (χ1n) is 2.60. The average molecular weight is 88.2 g/mol. The molecule has 0 amide bonds. The van der Waals surface area contributed by atoms with Gasteiger partial charge in [0.25, 0.3) is 0 Å². The van der Waals surface area contributed by atoms with Gasteiger partial charge >= 0.3 is 0 Å². The predicted octanol–water partition coefficient (Wildman–Crippen LogP) is -0.0219. The van der Waals surface area contributed by atoms with E-state index in [4.69, 9.17) is 0 Å². The number of hydrogen-bond acceptors (Lipinski definition) is 0. The van der Waals surface area contributed by atoms with Gasteiger partial charge in [0.1, 0.15) is 0 Å². The Kier molecular flexibility index (Phi) is 3.14. The monoisotopic (exact) mass is 88.1 g/mol. The van der Waals surface area contributed by atoms with E-state index in [1.807, 2.05) is 0 Å². The minimum absolute atomic E-state index is 0.810. The van der Waals surface area contributed by atoms with E-state index in [0.29, 0.717) is 0 Å². The van der Waals surface area contributed by atoms with Crippen LogP contribution in [0, 0.1) is 0 Å². The van der Waals surface area contributed by atoms with Crippen LogP contribution in [0.15, 0.2) is 0 Å². The van der Waals surface area contributed by atoms with Gasteiger partial charge in [-0.2, -0.15) is 0 Å². The zero-order chi connectivity index (χ0) is 4.99. The average Bonchev–Trinajstić information content (AvgIpc) is 1.65. The van der Waals surface area contributed by atoms with E-state index in [0.717, 1.165) is 6.04 Å². The molecular weight excluding hydrogens is 74.1 g/mol. The Labute approximate surface area is 39.7 Å². The summed E-state index contributed by atoms with van der Waals surface area (Å²) in [6.07, 6.45) is 1.27. The van der Waals surface area contributed by atoms with Crippen LogP contribution < -0.4 is 5.32 Å². The van der Waals surface area contributed by atoms with Crippen molar-refractivity contribution in [1.82, 2.24) is 0 Å². The summed E-state index contributed by atoms with van der Waals surface area (Å²) in [5.41, 5.74) is 0. The van der Waals surface area contributed by atoms with Gasteiger partial charge in [-0.3, -0.25) is 0 Å². The molecule has 0 rings (SSSR count). The lowest BCUT2D eigenvalue weighted by molar-refractivity contribution is -0.660. The van der Waals surface area contributed by atoms with Gasteiger partial charge in [-0.05, 0) is 13.3 Å². The van der Waals surface area contributed by atoms with Crippen LogP contribution in [0.4, 0.5) is 0 Å². The summed E-state index contributed by atoms with van der Waals surface area (Å²) in [7, 11) is 2.11. The second kappa shape index (κ2) is 3.16. The summed E-state index contributed by atoms with van der Waals surface area (Å²) < 4.78 is 0. The van der Waals surface area contributed by atoms with Crippen LogP contribution in [0.2, 0.25) is 0 Å². The van der Waals surface area contributed by atoms with Gasteiger partial charge in [0.15, 0.2) is 0 Å². The van der Waals surface area contributed by atoms with Crippen molar-refractivity contribution in [2.75, 3.05) is 7.05 Å². The smallest absolute Gasteiger partial charge is 0.0825 e. The summed E-state index contributed by atoms with van der Waals surface area (Å²) in [5.74, 6) is 0. The van der Waals surface area contributed by atoms with Crippen LogP contribution in [0.5, 0.6) is 0 Å². The zero-order valence-electron chi connectivity index (χ0n) is 4.86. The molecule has 2 N–H and O–H groups in total. The van der Waals surface area contributed by atoms with Crippen molar-refractivity contribution in [3.05, 3.63) is 0 Å². The highest BCUT2D eigenvalue weighted by Gasteiger charge is 1.91. The van der Waals surface area contributed by atoms with Gasteiger partial charge in [-0.15, -0.1) is 0 Å². The molecule has 1 atom stereocenters. The molecule has 38 valence electrons. The molecule has 0 heterocycles. The minimum atomic E-state index is 0.810. The fraction of sp³-hybridized carbons (Fsp3) is 1.00. The van der Waals surface area contributed by atoms with Crippen molar-refractivity contribution in [2.45, 2.75) is 26.3 Å². The van der Waals surface area contributed by atoms with Gasteiger partial charge in [0.2, 0.25) is 0 Å². The molecule has 0 radical (unpaired) electrons. The highest BCUT2D eigenvalue weighted by molar-refractivity contribution is 4.33. The van der Waals surface area contributed by atoms with Crippen LogP contribution in [0.25, 0.3) is 0 Å². The zero-order valence-corrected chi connectivity index (χ0v) is 4.86. The van der Waals surface area contributed by atoms with Crippen molar-refractivity contribution >= 4 is 0 Å². The molecular formula is C5H14N+. The fourth-order valence-electron chi connectivity index (χ4n) is 0.236. The topological polar surface area (TPSA) is 16.6 Å². The Balaban J connectivity index is 2.75. The molecule has 0 aromatic heterocycles. The van der Waals surface area contributed by atoms with Crippen molar-refractivity contribution in [3.8, 4) is 0 Å². The van der Waals surface area contributed by atoms with Gasteiger partial charge in [-0.25, -0.2) is 0 Å².